The van der Waals surface area contributed by atoms with Crippen molar-refractivity contribution in [1.29, 1.82) is 0 Å². The van der Waals surface area contributed by atoms with Crippen molar-refractivity contribution in [3.63, 3.8) is 0 Å². The van der Waals surface area contributed by atoms with Gasteiger partial charge in [-0.3, -0.25) is 5.10 Å². The molecule has 0 bridgehead atoms. The molecule has 0 aliphatic carbocycles. The fraction of sp³-hybridized carbons (Fsp3) is 0.393. The summed E-state index contributed by atoms with van der Waals surface area (Å²) in [5, 5.41) is 8.09. The Kier molecular flexibility index (Phi) is 6.19. The highest BCUT2D eigenvalue weighted by Gasteiger charge is 2.26. The van der Waals surface area contributed by atoms with Crippen LogP contribution in [0.1, 0.15) is 30.1 Å². The van der Waals surface area contributed by atoms with Crippen molar-refractivity contribution in [2.75, 3.05) is 51.8 Å². The number of benzene rings is 2. The summed E-state index contributed by atoms with van der Waals surface area (Å²) in [6.07, 6.45) is 7.16. The number of anilines is 1. The SMILES string of the molecule is COc1ccc2c(c1)CC(c1nc(N(C)CCN3CCCC3)c3ccc(-c4cn[nH]c4)cc3n1)CO2. The van der Waals surface area contributed by atoms with Gasteiger partial charge in [0.05, 0.1) is 31.3 Å². The van der Waals surface area contributed by atoms with E-state index in [9.17, 15) is 0 Å². The van der Waals surface area contributed by atoms with Gasteiger partial charge in [-0.15, -0.1) is 0 Å². The highest BCUT2D eigenvalue weighted by atomic mass is 16.5. The molecule has 8 nitrogen and oxygen atoms in total. The minimum Gasteiger partial charge on any atom is -0.497 e. The van der Waals surface area contributed by atoms with Crippen LogP contribution in [0.5, 0.6) is 11.5 Å². The molecule has 2 aromatic heterocycles. The van der Waals surface area contributed by atoms with Crippen molar-refractivity contribution in [2.24, 2.45) is 0 Å². The van der Waals surface area contributed by atoms with Gasteiger partial charge in [0.1, 0.15) is 23.1 Å². The molecular weight excluding hydrogens is 452 g/mol. The van der Waals surface area contributed by atoms with Crippen LogP contribution in [-0.2, 0) is 6.42 Å². The molecule has 0 saturated carbocycles. The van der Waals surface area contributed by atoms with Crippen LogP contribution in [0.2, 0.25) is 0 Å². The highest BCUT2D eigenvalue weighted by Crippen LogP contribution is 2.36. The minimum absolute atomic E-state index is 0.0670. The highest BCUT2D eigenvalue weighted by molar-refractivity contribution is 5.92. The Labute approximate surface area is 211 Å². The largest absolute Gasteiger partial charge is 0.497 e. The summed E-state index contributed by atoms with van der Waals surface area (Å²) in [5.41, 5.74) is 4.20. The maximum Gasteiger partial charge on any atom is 0.140 e. The Bertz CT molecular complexity index is 1350. The number of fused-ring (bicyclic) bond motifs is 2. The van der Waals surface area contributed by atoms with Gasteiger partial charge in [0, 0.05) is 37.3 Å². The van der Waals surface area contributed by atoms with Gasteiger partial charge in [-0.25, -0.2) is 9.97 Å². The molecule has 1 atom stereocenters. The van der Waals surface area contributed by atoms with Gasteiger partial charge in [0.25, 0.3) is 0 Å². The van der Waals surface area contributed by atoms with E-state index < -0.39 is 0 Å². The molecule has 2 aliphatic rings. The molecule has 0 spiro atoms. The summed E-state index contributed by atoms with van der Waals surface area (Å²) in [7, 11) is 3.83. The van der Waals surface area contributed by atoms with Gasteiger partial charge >= 0.3 is 0 Å². The lowest BCUT2D eigenvalue weighted by atomic mass is 9.95. The number of H-pyrrole nitrogens is 1. The van der Waals surface area contributed by atoms with Gasteiger partial charge in [0.2, 0.25) is 0 Å². The number of rotatable bonds is 7. The molecule has 6 rings (SSSR count). The van der Waals surface area contributed by atoms with E-state index in [1.165, 1.54) is 25.9 Å². The molecule has 8 heteroatoms. The van der Waals surface area contributed by atoms with E-state index in [2.05, 4.69) is 51.3 Å². The van der Waals surface area contributed by atoms with E-state index in [0.29, 0.717) is 6.61 Å². The number of likely N-dealkylation sites (N-methyl/N-ethyl adjacent to an activating group) is 1. The molecule has 4 heterocycles. The van der Waals surface area contributed by atoms with Crippen molar-refractivity contribution >= 4 is 16.7 Å². The smallest absolute Gasteiger partial charge is 0.140 e. The summed E-state index contributed by atoms with van der Waals surface area (Å²) in [6.45, 7) is 4.92. The van der Waals surface area contributed by atoms with Gasteiger partial charge in [-0.1, -0.05) is 6.07 Å². The molecule has 36 heavy (non-hydrogen) atoms. The number of nitrogens with one attached hydrogen (secondary N) is 1. The first-order chi connectivity index (χ1) is 17.7. The topological polar surface area (TPSA) is 79.4 Å². The Morgan fingerprint density at radius 2 is 2.00 bits per heavy atom. The molecule has 1 N–H and O–H groups in total. The molecular formula is C28H32N6O2. The summed E-state index contributed by atoms with van der Waals surface area (Å²) in [6, 6.07) is 12.4. The first kappa shape index (κ1) is 22.8. The Morgan fingerprint density at radius 1 is 1.11 bits per heavy atom. The second kappa shape index (κ2) is 9.78. The summed E-state index contributed by atoms with van der Waals surface area (Å²) >= 11 is 0. The van der Waals surface area contributed by atoms with Crippen LogP contribution in [0.25, 0.3) is 22.0 Å². The summed E-state index contributed by atoms with van der Waals surface area (Å²) in [4.78, 5) is 15.0. The van der Waals surface area contributed by atoms with Crippen molar-refractivity contribution in [3.8, 4) is 22.6 Å². The number of nitrogens with zero attached hydrogens (tertiary/aromatic N) is 5. The molecule has 0 amide bonds. The Balaban J connectivity index is 1.37. The van der Waals surface area contributed by atoms with Gasteiger partial charge in [-0.2, -0.15) is 5.10 Å². The third kappa shape index (κ3) is 4.48. The van der Waals surface area contributed by atoms with E-state index in [1.54, 1.807) is 7.11 Å². The van der Waals surface area contributed by atoms with Crippen molar-refractivity contribution in [2.45, 2.75) is 25.2 Å². The lowest BCUT2D eigenvalue weighted by molar-refractivity contribution is 0.257. The standard InChI is InChI=1S/C28H32N6O2/c1-33(11-12-34-9-3-4-10-34)28-24-7-5-19(22-16-29-30-17-22)15-25(24)31-27(32-28)21-13-20-14-23(35-2)6-8-26(20)36-18-21/h5-8,14-17,21H,3-4,9-13,18H2,1-2H3,(H,29,30). The van der Waals surface area contributed by atoms with E-state index in [-0.39, 0.29) is 5.92 Å². The molecule has 0 radical (unpaired) electrons. The first-order valence-corrected chi connectivity index (χ1v) is 12.7. The van der Waals surface area contributed by atoms with Crippen molar-refractivity contribution in [1.82, 2.24) is 25.1 Å². The Hall–Kier alpha value is -3.65. The second-order valence-corrected chi connectivity index (χ2v) is 9.78. The second-order valence-electron chi connectivity index (χ2n) is 9.78. The van der Waals surface area contributed by atoms with E-state index in [4.69, 9.17) is 19.4 Å². The van der Waals surface area contributed by atoms with Gasteiger partial charge in [-0.05, 0) is 73.8 Å². The number of methoxy groups -OCH3 is 1. The third-order valence-electron chi connectivity index (χ3n) is 7.38. The van der Waals surface area contributed by atoms with Crippen LogP contribution >= 0.6 is 0 Å². The minimum atomic E-state index is 0.0670. The third-order valence-corrected chi connectivity index (χ3v) is 7.38. The molecule has 1 unspecified atom stereocenters. The van der Waals surface area contributed by atoms with Crippen LogP contribution in [0, 0.1) is 0 Å². The normalized spacial score (nSPS) is 17.7. The van der Waals surface area contributed by atoms with Gasteiger partial charge in [0.15, 0.2) is 0 Å². The fourth-order valence-electron chi connectivity index (χ4n) is 5.26. The molecule has 186 valence electrons. The average molecular weight is 485 g/mol. The number of hydrogen-bond acceptors (Lipinski definition) is 7. The summed E-state index contributed by atoms with van der Waals surface area (Å²) in [5.74, 6) is 3.62. The zero-order valence-corrected chi connectivity index (χ0v) is 20.9. The molecule has 4 aromatic rings. The van der Waals surface area contributed by atoms with E-state index in [1.807, 2.05) is 24.5 Å². The first-order valence-electron chi connectivity index (χ1n) is 12.7. The number of hydrogen-bond donors (Lipinski definition) is 1. The van der Waals surface area contributed by atoms with E-state index in [0.717, 1.165) is 70.2 Å². The number of likely N-dealkylation sites (tertiary alicyclic amines) is 1. The zero-order chi connectivity index (χ0) is 24.5. The molecule has 1 saturated heterocycles. The lowest BCUT2D eigenvalue weighted by Gasteiger charge is -2.27. The van der Waals surface area contributed by atoms with Crippen LogP contribution in [-0.4, -0.2) is 72.0 Å². The predicted octanol–water partition coefficient (Wildman–Crippen LogP) is 4.28. The predicted molar refractivity (Wildman–Crippen MR) is 141 cm³/mol. The summed E-state index contributed by atoms with van der Waals surface area (Å²) < 4.78 is 11.6. The van der Waals surface area contributed by atoms with Crippen LogP contribution < -0.4 is 14.4 Å². The maximum absolute atomic E-state index is 6.13. The van der Waals surface area contributed by atoms with Crippen LogP contribution in [0.15, 0.2) is 48.8 Å². The van der Waals surface area contributed by atoms with Gasteiger partial charge < -0.3 is 19.3 Å². The molecule has 1 fully saturated rings. The number of aromatic amines is 1. The zero-order valence-electron chi connectivity index (χ0n) is 20.9. The lowest BCUT2D eigenvalue weighted by Crippen LogP contribution is -2.32. The Morgan fingerprint density at radius 3 is 2.81 bits per heavy atom. The fourth-order valence-corrected chi connectivity index (χ4v) is 5.26. The van der Waals surface area contributed by atoms with Crippen molar-refractivity contribution in [3.05, 3.63) is 60.2 Å². The number of aromatic nitrogens is 4. The molecule has 2 aliphatic heterocycles. The van der Waals surface area contributed by atoms with Crippen LogP contribution in [0.3, 0.4) is 0 Å². The average Bonchev–Trinajstić information content (AvgIpc) is 3.65. The molecule has 2 aromatic carbocycles. The van der Waals surface area contributed by atoms with Crippen LogP contribution in [0.4, 0.5) is 5.82 Å². The van der Waals surface area contributed by atoms with Crippen molar-refractivity contribution < 1.29 is 9.47 Å². The monoisotopic (exact) mass is 484 g/mol. The maximum atomic E-state index is 6.13. The van der Waals surface area contributed by atoms with E-state index >= 15 is 0 Å². The number of ether oxygens (including phenoxy) is 2. The quantitative estimate of drug-likeness (QED) is 0.419.